The number of sulfone groups is 1. The molecule has 2 aromatic heterocycles. The maximum Gasteiger partial charge on any atom is 0.278 e. The highest BCUT2D eigenvalue weighted by Gasteiger charge is 2.15. The zero-order chi connectivity index (χ0) is 10.3. The van der Waals surface area contributed by atoms with Crippen LogP contribution in [0.4, 0.5) is 0 Å². The Bertz CT molecular complexity index is 640. The van der Waals surface area contributed by atoms with E-state index in [2.05, 4.69) is 15.0 Å². The van der Waals surface area contributed by atoms with Crippen LogP contribution in [-0.4, -0.2) is 29.6 Å². The van der Waals surface area contributed by atoms with Crippen LogP contribution in [0.15, 0.2) is 15.5 Å². The molecule has 0 amide bonds. The molecule has 0 radical (unpaired) electrons. The van der Waals surface area contributed by atoms with Crippen molar-refractivity contribution in [1.82, 2.24) is 15.0 Å². The Morgan fingerprint density at radius 3 is 2.79 bits per heavy atom. The molecule has 14 heavy (non-hydrogen) atoms. The molecule has 0 fully saturated rings. The van der Waals surface area contributed by atoms with E-state index in [9.17, 15) is 13.2 Å². The van der Waals surface area contributed by atoms with Crippen molar-refractivity contribution in [2.45, 2.75) is 4.34 Å². The maximum absolute atomic E-state index is 11.2. The van der Waals surface area contributed by atoms with Crippen molar-refractivity contribution in [2.24, 2.45) is 0 Å². The number of aromatic nitrogens is 3. The van der Waals surface area contributed by atoms with Gasteiger partial charge in [-0.25, -0.2) is 18.4 Å². The zero-order valence-corrected chi connectivity index (χ0v) is 8.65. The molecule has 2 heterocycles. The highest BCUT2D eigenvalue weighted by Crippen LogP contribution is 2.20. The summed E-state index contributed by atoms with van der Waals surface area (Å²) >= 11 is 0.888. The van der Waals surface area contributed by atoms with E-state index in [-0.39, 0.29) is 9.86 Å². The Balaban J connectivity index is 2.88. The predicted octanol–water partition coefficient (Wildman–Crippen LogP) is -0.217. The first-order valence-electron chi connectivity index (χ1n) is 3.53. The second kappa shape index (κ2) is 2.85. The lowest BCUT2D eigenvalue weighted by atomic mass is 10.6. The molecule has 0 saturated heterocycles. The van der Waals surface area contributed by atoms with Crippen molar-refractivity contribution in [2.75, 3.05) is 6.26 Å². The lowest BCUT2D eigenvalue weighted by molar-refractivity contribution is 0.601. The predicted molar refractivity (Wildman–Crippen MR) is 51.1 cm³/mol. The Kier molecular flexibility index (Phi) is 1.89. The Morgan fingerprint density at radius 1 is 1.50 bits per heavy atom. The van der Waals surface area contributed by atoms with Crippen LogP contribution in [-0.2, 0) is 9.84 Å². The largest absolute Gasteiger partial charge is 0.311 e. The molecule has 0 saturated carbocycles. The van der Waals surface area contributed by atoms with Crippen molar-refractivity contribution in [3.05, 3.63) is 16.7 Å². The van der Waals surface area contributed by atoms with Crippen molar-refractivity contribution < 1.29 is 8.42 Å². The van der Waals surface area contributed by atoms with Gasteiger partial charge in [0.05, 0.1) is 6.33 Å². The van der Waals surface area contributed by atoms with Crippen LogP contribution in [0, 0.1) is 0 Å². The van der Waals surface area contributed by atoms with Crippen molar-refractivity contribution in [1.29, 1.82) is 0 Å². The van der Waals surface area contributed by atoms with Crippen LogP contribution in [0.5, 0.6) is 0 Å². The van der Waals surface area contributed by atoms with Gasteiger partial charge in [-0.3, -0.25) is 4.79 Å². The molecule has 1 N–H and O–H groups in total. The molecule has 0 aliphatic rings. The molecule has 6 nitrogen and oxygen atoms in total. The number of H-pyrrole nitrogens is 1. The molecule has 0 spiro atoms. The number of fused-ring (bicyclic) bond motifs is 1. The fraction of sp³-hybridized carbons (Fsp3) is 0.167. The van der Waals surface area contributed by atoms with Crippen LogP contribution in [0.1, 0.15) is 0 Å². The summed E-state index contributed by atoms with van der Waals surface area (Å²) in [4.78, 5) is 21.3. The summed E-state index contributed by atoms with van der Waals surface area (Å²) < 4.78 is 22.2. The normalized spacial score (nSPS) is 12.1. The number of hydrogen-bond donors (Lipinski definition) is 1. The highest BCUT2D eigenvalue weighted by molar-refractivity contribution is 7.92. The molecule has 0 unspecified atom stereocenters. The number of nitrogens with zero attached hydrogens (tertiary/aromatic N) is 2. The van der Waals surface area contributed by atoms with Crippen molar-refractivity contribution >= 4 is 31.5 Å². The summed E-state index contributed by atoms with van der Waals surface area (Å²) in [5.74, 6) is 0. The molecule has 8 heteroatoms. The monoisotopic (exact) mass is 231 g/mol. The zero-order valence-electron chi connectivity index (χ0n) is 7.01. The number of nitrogens with one attached hydrogen (secondary N) is 1. The topological polar surface area (TPSA) is 92.8 Å². The van der Waals surface area contributed by atoms with Gasteiger partial charge in [0, 0.05) is 6.26 Å². The molecular weight excluding hydrogens is 226 g/mol. The third-order valence-corrected chi connectivity index (χ3v) is 4.14. The molecule has 74 valence electrons. The Morgan fingerprint density at radius 2 is 2.21 bits per heavy atom. The average molecular weight is 231 g/mol. The highest BCUT2D eigenvalue weighted by atomic mass is 32.2. The third kappa shape index (κ3) is 1.42. The summed E-state index contributed by atoms with van der Waals surface area (Å²) in [5, 5.41) is 0. The molecule has 0 aromatic carbocycles. The van der Waals surface area contributed by atoms with Gasteiger partial charge in [0.15, 0.2) is 10.3 Å². The molecular formula is C6H5N3O3S2. The fourth-order valence-electron chi connectivity index (χ4n) is 0.905. The van der Waals surface area contributed by atoms with Crippen LogP contribution in [0.3, 0.4) is 0 Å². The number of hydrogen-bond acceptors (Lipinski definition) is 6. The van der Waals surface area contributed by atoms with E-state index < -0.39 is 15.4 Å². The first-order valence-corrected chi connectivity index (χ1v) is 6.23. The van der Waals surface area contributed by atoms with E-state index in [1.807, 2.05) is 0 Å². The summed E-state index contributed by atoms with van der Waals surface area (Å²) in [7, 11) is -3.37. The van der Waals surface area contributed by atoms with Crippen molar-refractivity contribution in [3.63, 3.8) is 0 Å². The second-order valence-corrected chi connectivity index (χ2v) is 5.80. The molecule has 0 atom stereocenters. The molecule has 2 aromatic rings. The van der Waals surface area contributed by atoms with E-state index >= 15 is 0 Å². The van der Waals surface area contributed by atoms with Gasteiger partial charge in [0.25, 0.3) is 5.56 Å². The van der Waals surface area contributed by atoms with Crippen LogP contribution in [0.2, 0.25) is 0 Å². The molecule has 0 aliphatic carbocycles. The lowest BCUT2D eigenvalue weighted by Crippen LogP contribution is -2.06. The third-order valence-electron chi connectivity index (χ3n) is 1.50. The average Bonchev–Trinajstić information content (AvgIpc) is 2.48. The smallest absolute Gasteiger partial charge is 0.278 e. The quantitative estimate of drug-likeness (QED) is 0.732. The lowest BCUT2D eigenvalue weighted by Gasteiger charge is -1.84. The molecule has 0 bridgehead atoms. The number of aromatic amines is 1. The summed E-state index contributed by atoms with van der Waals surface area (Å²) in [6.45, 7) is 0. The van der Waals surface area contributed by atoms with Crippen LogP contribution in [0.25, 0.3) is 10.3 Å². The van der Waals surface area contributed by atoms with Gasteiger partial charge in [-0.05, 0) is 0 Å². The maximum atomic E-state index is 11.2. The number of rotatable bonds is 1. The second-order valence-electron chi connectivity index (χ2n) is 2.64. The van der Waals surface area contributed by atoms with E-state index in [0.29, 0.717) is 4.83 Å². The van der Waals surface area contributed by atoms with Gasteiger partial charge in [-0.2, -0.15) is 0 Å². The van der Waals surface area contributed by atoms with E-state index in [0.717, 1.165) is 17.6 Å². The van der Waals surface area contributed by atoms with Gasteiger partial charge in [0.2, 0.25) is 14.2 Å². The standard InChI is InChI=1S/C6H5N3O3S2/c1-14(11,12)6-9-3-4(10)7-2-8-5(3)13-6/h2H,1H3,(H,7,8,10). The van der Waals surface area contributed by atoms with Gasteiger partial charge in [-0.15, -0.1) is 0 Å². The Hall–Kier alpha value is -1.28. The van der Waals surface area contributed by atoms with Crippen molar-refractivity contribution in [3.8, 4) is 0 Å². The fourth-order valence-corrected chi connectivity index (χ4v) is 2.65. The number of thiazole rings is 1. The van der Waals surface area contributed by atoms with Crippen LogP contribution < -0.4 is 5.56 Å². The van der Waals surface area contributed by atoms with Gasteiger partial charge in [0.1, 0.15) is 0 Å². The molecule has 0 aliphatic heterocycles. The SMILES string of the molecule is CS(=O)(=O)c1nc2c(=O)[nH]cnc2s1. The van der Waals surface area contributed by atoms with E-state index in [4.69, 9.17) is 0 Å². The summed E-state index contributed by atoms with van der Waals surface area (Å²) in [5.41, 5.74) is -0.362. The van der Waals surface area contributed by atoms with Gasteiger partial charge in [-0.1, -0.05) is 11.3 Å². The Labute approximate surface area is 82.6 Å². The van der Waals surface area contributed by atoms with Gasteiger partial charge < -0.3 is 4.98 Å². The van der Waals surface area contributed by atoms with Gasteiger partial charge >= 0.3 is 0 Å². The minimum absolute atomic E-state index is 0.0675. The first kappa shape index (κ1) is 9.28. The molecule has 2 rings (SSSR count). The summed E-state index contributed by atoms with van der Waals surface area (Å²) in [6, 6.07) is 0. The summed E-state index contributed by atoms with van der Waals surface area (Å²) in [6.07, 6.45) is 2.26. The minimum Gasteiger partial charge on any atom is -0.311 e. The van der Waals surface area contributed by atoms with E-state index in [1.54, 1.807) is 0 Å². The van der Waals surface area contributed by atoms with E-state index in [1.165, 1.54) is 6.33 Å². The van der Waals surface area contributed by atoms with Crippen LogP contribution >= 0.6 is 11.3 Å². The minimum atomic E-state index is -3.37. The first-order chi connectivity index (χ1) is 6.48.